The van der Waals surface area contributed by atoms with Gasteiger partial charge in [0.2, 0.25) is 0 Å². The molecule has 3 heteroatoms. The van der Waals surface area contributed by atoms with Gasteiger partial charge < -0.3 is 10.1 Å². The lowest BCUT2D eigenvalue weighted by molar-refractivity contribution is 0.240. The lowest BCUT2D eigenvalue weighted by atomic mass is 9.82. The van der Waals surface area contributed by atoms with E-state index >= 15 is 0 Å². The number of benzene rings is 1. The second-order valence-corrected chi connectivity index (χ2v) is 8.31. The third-order valence-corrected chi connectivity index (χ3v) is 3.40. The topological polar surface area (TPSA) is 21.3 Å². The molecule has 0 aliphatic rings. The molecule has 0 radical (unpaired) electrons. The molecule has 0 aliphatic heterocycles. The molecule has 0 unspecified atom stereocenters. The van der Waals surface area contributed by atoms with Gasteiger partial charge in [-0.3, -0.25) is 0 Å². The fourth-order valence-electron chi connectivity index (χ4n) is 2.73. The van der Waals surface area contributed by atoms with Gasteiger partial charge in [-0.05, 0) is 57.2 Å². The van der Waals surface area contributed by atoms with E-state index in [0.717, 1.165) is 18.7 Å². The molecule has 0 heterocycles. The van der Waals surface area contributed by atoms with Crippen molar-refractivity contribution in [3.63, 3.8) is 0 Å². The molecule has 0 amide bonds. The quantitative estimate of drug-likeness (QED) is 0.756. The zero-order chi connectivity index (χ0) is 16.3. The average molecular weight is 312 g/mol. The van der Waals surface area contributed by atoms with Crippen LogP contribution in [0.2, 0.25) is 5.02 Å². The van der Waals surface area contributed by atoms with Gasteiger partial charge in [0.15, 0.2) is 0 Å². The van der Waals surface area contributed by atoms with Crippen LogP contribution in [0, 0.1) is 5.41 Å². The Morgan fingerprint density at radius 2 is 1.76 bits per heavy atom. The molecular formula is C18H30ClNO. The molecule has 0 atom stereocenters. The maximum Gasteiger partial charge on any atom is 0.138 e. The van der Waals surface area contributed by atoms with Gasteiger partial charge in [-0.25, -0.2) is 0 Å². The minimum absolute atomic E-state index is 0.0951. The first kappa shape index (κ1) is 18.3. The van der Waals surface area contributed by atoms with E-state index in [2.05, 4.69) is 46.0 Å². The Labute approximate surface area is 135 Å². The van der Waals surface area contributed by atoms with E-state index in [-0.39, 0.29) is 11.6 Å². The molecule has 0 saturated heterocycles. The number of rotatable bonds is 6. The third-order valence-electron chi connectivity index (χ3n) is 3.10. The van der Waals surface area contributed by atoms with Crippen molar-refractivity contribution < 1.29 is 4.74 Å². The Morgan fingerprint density at radius 1 is 1.14 bits per heavy atom. The standard InChI is InChI=1S/C18H30ClNO/c1-13(2)21-16-9-8-14(10-15(16)19)11-20-18(6,7)12-17(3,4)5/h8-10,13,20H,11-12H2,1-7H3. The van der Waals surface area contributed by atoms with Crippen molar-refractivity contribution in [3.8, 4) is 5.75 Å². The largest absolute Gasteiger partial charge is 0.489 e. The van der Waals surface area contributed by atoms with Gasteiger partial charge >= 0.3 is 0 Å². The van der Waals surface area contributed by atoms with Crippen LogP contribution in [0.5, 0.6) is 5.75 Å². The highest BCUT2D eigenvalue weighted by Gasteiger charge is 2.24. The summed E-state index contributed by atoms with van der Waals surface area (Å²) in [5.74, 6) is 0.754. The molecule has 0 spiro atoms. The van der Waals surface area contributed by atoms with Gasteiger partial charge in [-0.2, -0.15) is 0 Å². The highest BCUT2D eigenvalue weighted by Crippen LogP contribution is 2.29. The molecule has 0 aliphatic carbocycles. The molecule has 1 aromatic rings. The molecule has 21 heavy (non-hydrogen) atoms. The van der Waals surface area contributed by atoms with Gasteiger partial charge in [0, 0.05) is 12.1 Å². The summed E-state index contributed by atoms with van der Waals surface area (Å²) in [5.41, 5.74) is 1.58. The van der Waals surface area contributed by atoms with Crippen molar-refractivity contribution in [3.05, 3.63) is 28.8 Å². The minimum atomic E-state index is 0.0951. The molecule has 1 aromatic carbocycles. The molecule has 0 aromatic heterocycles. The Balaban J connectivity index is 2.66. The van der Waals surface area contributed by atoms with Crippen LogP contribution in [0.15, 0.2) is 18.2 Å². The van der Waals surface area contributed by atoms with Gasteiger partial charge in [-0.1, -0.05) is 38.4 Å². The molecule has 0 saturated carbocycles. The van der Waals surface area contributed by atoms with Crippen LogP contribution in [0.3, 0.4) is 0 Å². The lowest BCUT2D eigenvalue weighted by Gasteiger charge is -2.33. The maximum absolute atomic E-state index is 6.28. The second kappa shape index (κ2) is 7.02. The van der Waals surface area contributed by atoms with E-state index in [1.54, 1.807) is 0 Å². The molecule has 0 bridgehead atoms. The van der Waals surface area contributed by atoms with Crippen molar-refractivity contribution in [2.75, 3.05) is 0 Å². The minimum Gasteiger partial charge on any atom is -0.489 e. The van der Waals surface area contributed by atoms with Crippen molar-refractivity contribution in [2.24, 2.45) is 5.41 Å². The van der Waals surface area contributed by atoms with E-state index in [1.165, 1.54) is 5.56 Å². The SMILES string of the molecule is CC(C)Oc1ccc(CNC(C)(C)CC(C)(C)C)cc1Cl. The summed E-state index contributed by atoms with van der Waals surface area (Å²) in [4.78, 5) is 0. The van der Waals surface area contributed by atoms with Crippen molar-refractivity contribution in [1.29, 1.82) is 0 Å². The normalized spacial score (nSPS) is 12.8. The number of nitrogens with one attached hydrogen (secondary N) is 1. The Hall–Kier alpha value is -0.730. The van der Waals surface area contributed by atoms with Gasteiger partial charge in [-0.15, -0.1) is 0 Å². The highest BCUT2D eigenvalue weighted by atomic mass is 35.5. The summed E-state index contributed by atoms with van der Waals surface area (Å²) in [7, 11) is 0. The first-order chi connectivity index (χ1) is 9.48. The molecule has 120 valence electrons. The Morgan fingerprint density at radius 3 is 2.24 bits per heavy atom. The third kappa shape index (κ3) is 7.19. The molecular weight excluding hydrogens is 282 g/mol. The summed E-state index contributed by atoms with van der Waals surface area (Å²) >= 11 is 6.28. The molecule has 1 N–H and O–H groups in total. The predicted molar refractivity (Wildman–Crippen MR) is 92.2 cm³/mol. The summed E-state index contributed by atoms with van der Waals surface area (Å²) < 4.78 is 5.66. The molecule has 0 fully saturated rings. The van der Waals surface area contributed by atoms with E-state index in [0.29, 0.717) is 10.4 Å². The fraction of sp³-hybridized carbons (Fsp3) is 0.667. The van der Waals surface area contributed by atoms with Crippen LogP contribution in [-0.4, -0.2) is 11.6 Å². The van der Waals surface area contributed by atoms with E-state index < -0.39 is 0 Å². The van der Waals surface area contributed by atoms with Gasteiger partial charge in [0.05, 0.1) is 11.1 Å². The zero-order valence-corrected chi connectivity index (χ0v) is 15.3. The number of hydrogen-bond acceptors (Lipinski definition) is 2. The van der Waals surface area contributed by atoms with Crippen LogP contribution in [0.25, 0.3) is 0 Å². The Kier molecular flexibility index (Phi) is 6.12. The monoisotopic (exact) mass is 311 g/mol. The van der Waals surface area contributed by atoms with Crippen LogP contribution >= 0.6 is 11.6 Å². The smallest absolute Gasteiger partial charge is 0.138 e. The van der Waals surface area contributed by atoms with Crippen LogP contribution in [0.4, 0.5) is 0 Å². The Bertz CT molecular complexity index is 461. The highest BCUT2D eigenvalue weighted by molar-refractivity contribution is 6.32. The van der Waals surface area contributed by atoms with Crippen molar-refractivity contribution in [2.45, 2.75) is 73.1 Å². The van der Waals surface area contributed by atoms with E-state index in [4.69, 9.17) is 16.3 Å². The zero-order valence-electron chi connectivity index (χ0n) is 14.5. The second-order valence-electron chi connectivity index (χ2n) is 7.91. The number of halogens is 1. The average Bonchev–Trinajstić information content (AvgIpc) is 2.26. The summed E-state index contributed by atoms with van der Waals surface area (Å²) in [6.45, 7) is 16.1. The molecule has 1 rings (SSSR count). The van der Waals surface area contributed by atoms with Gasteiger partial charge in [0.1, 0.15) is 5.75 Å². The lowest BCUT2D eigenvalue weighted by Crippen LogP contribution is -2.41. The van der Waals surface area contributed by atoms with Crippen LogP contribution < -0.4 is 10.1 Å². The van der Waals surface area contributed by atoms with E-state index in [9.17, 15) is 0 Å². The number of ether oxygens (including phenoxy) is 1. The van der Waals surface area contributed by atoms with Crippen molar-refractivity contribution in [1.82, 2.24) is 5.32 Å². The van der Waals surface area contributed by atoms with Gasteiger partial charge in [0.25, 0.3) is 0 Å². The summed E-state index contributed by atoms with van der Waals surface area (Å²) in [6.07, 6.45) is 1.25. The van der Waals surface area contributed by atoms with Crippen LogP contribution in [0.1, 0.15) is 60.5 Å². The number of hydrogen-bond donors (Lipinski definition) is 1. The summed E-state index contributed by atoms with van der Waals surface area (Å²) in [5, 5.41) is 4.30. The fourth-order valence-corrected chi connectivity index (χ4v) is 2.98. The first-order valence-electron chi connectivity index (χ1n) is 7.69. The first-order valence-corrected chi connectivity index (χ1v) is 8.06. The molecule has 2 nitrogen and oxygen atoms in total. The van der Waals surface area contributed by atoms with E-state index in [1.807, 2.05) is 26.0 Å². The predicted octanol–water partition coefficient (Wildman–Crippen LogP) is 5.43. The van der Waals surface area contributed by atoms with Crippen molar-refractivity contribution >= 4 is 11.6 Å². The van der Waals surface area contributed by atoms with Crippen LogP contribution in [-0.2, 0) is 6.54 Å². The summed E-state index contributed by atoms with van der Waals surface area (Å²) in [6, 6.07) is 6.01. The maximum atomic E-state index is 6.28.